The monoisotopic (exact) mass is 225 g/mol. The molecule has 1 N–H and O–H groups in total. The van der Waals surface area contributed by atoms with E-state index in [1.54, 1.807) is 0 Å². The molecule has 0 amide bonds. The number of aryl methyl sites for hydroxylation is 1. The molecule has 0 aromatic heterocycles. The van der Waals surface area contributed by atoms with Gasteiger partial charge in [-0.2, -0.15) is 0 Å². The molecular formula is C12H13F2NO. The van der Waals surface area contributed by atoms with Crippen LogP contribution >= 0.6 is 0 Å². The second kappa shape index (κ2) is 4.29. The normalized spacial score (nSPS) is 15.2. The number of Topliss-reactive ketones (excluding diaryl/α,β-unsaturated/α-hetero) is 1. The summed E-state index contributed by atoms with van der Waals surface area (Å²) >= 11 is 0. The van der Waals surface area contributed by atoms with Gasteiger partial charge in [-0.1, -0.05) is 6.07 Å². The molecule has 1 fully saturated rings. The second-order valence-corrected chi connectivity index (χ2v) is 4.13. The first-order valence-electron chi connectivity index (χ1n) is 5.31. The summed E-state index contributed by atoms with van der Waals surface area (Å²) < 4.78 is 26.9. The Bertz CT molecular complexity index is 427. The number of benzene rings is 1. The minimum Gasteiger partial charge on any atom is -0.307 e. The quantitative estimate of drug-likeness (QED) is 0.796. The third kappa shape index (κ3) is 2.27. The van der Waals surface area contributed by atoms with Gasteiger partial charge in [-0.15, -0.1) is 0 Å². The van der Waals surface area contributed by atoms with E-state index in [1.807, 2.05) is 0 Å². The van der Waals surface area contributed by atoms with E-state index >= 15 is 0 Å². The van der Waals surface area contributed by atoms with Gasteiger partial charge in [-0.05, 0) is 31.4 Å². The fourth-order valence-corrected chi connectivity index (χ4v) is 1.53. The lowest BCUT2D eigenvalue weighted by Crippen LogP contribution is -2.26. The molecule has 1 aliphatic rings. The van der Waals surface area contributed by atoms with E-state index in [4.69, 9.17) is 0 Å². The lowest BCUT2D eigenvalue weighted by Gasteiger charge is -2.06. The molecule has 1 saturated carbocycles. The van der Waals surface area contributed by atoms with Gasteiger partial charge in [0.25, 0.3) is 0 Å². The van der Waals surface area contributed by atoms with E-state index in [2.05, 4.69) is 5.32 Å². The average Bonchev–Trinajstić information content (AvgIpc) is 3.05. The molecule has 4 heteroatoms. The maximum absolute atomic E-state index is 13.6. The third-order valence-corrected chi connectivity index (χ3v) is 2.69. The highest BCUT2D eigenvalue weighted by molar-refractivity contribution is 5.98. The summed E-state index contributed by atoms with van der Waals surface area (Å²) in [5, 5.41) is 2.95. The van der Waals surface area contributed by atoms with Crippen molar-refractivity contribution in [3.63, 3.8) is 0 Å². The maximum atomic E-state index is 13.6. The van der Waals surface area contributed by atoms with Gasteiger partial charge in [0, 0.05) is 6.04 Å². The Morgan fingerprint density at radius 2 is 2.12 bits per heavy atom. The van der Waals surface area contributed by atoms with Crippen LogP contribution in [-0.2, 0) is 0 Å². The van der Waals surface area contributed by atoms with Crippen molar-refractivity contribution in [2.75, 3.05) is 6.54 Å². The van der Waals surface area contributed by atoms with Crippen LogP contribution in [0.25, 0.3) is 0 Å². The first-order valence-corrected chi connectivity index (χ1v) is 5.31. The lowest BCUT2D eigenvalue weighted by atomic mass is 10.1. The third-order valence-electron chi connectivity index (χ3n) is 2.69. The van der Waals surface area contributed by atoms with Crippen molar-refractivity contribution in [2.45, 2.75) is 25.8 Å². The predicted octanol–water partition coefficient (Wildman–Crippen LogP) is 2.21. The first kappa shape index (κ1) is 11.2. The average molecular weight is 225 g/mol. The highest BCUT2D eigenvalue weighted by Gasteiger charge is 2.24. The molecule has 0 aliphatic heterocycles. The van der Waals surface area contributed by atoms with Crippen molar-refractivity contribution in [3.8, 4) is 0 Å². The zero-order valence-electron chi connectivity index (χ0n) is 9.02. The van der Waals surface area contributed by atoms with Crippen molar-refractivity contribution in [2.24, 2.45) is 0 Å². The van der Waals surface area contributed by atoms with Gasteiger partial charge < -0.3 is 5.32 Å². The Morgan fingerprint density at radius 1 is 1.44 bits per heavy atom. The Hall–Kier alpha value is -1.29. The molecular weight excluding hydrogens is 212 g/mol. The van der Waals surface area contributed by atoms with Crippen molar-refractivity contribution in [3.05, 3.63) is 34.9 Å². The van der Waals surface area contributed by atoms with E-state index in [0.717, 1.165) is 18.9 Å². The molecule has 0 spiro atoms. The molecule has 0 saturated heterocycles. The van der Waals surface area contributed by atoms with Crippen molar-refractivity contribution >= 4 is 5.78 Å². The van der Waals surface area contributed by atoms with Crippen LogP contribution in [-0.4, -0.2) is 18.4 Å². The highest BCUT2D eigenvalue weighted by atomic mass is 19.1. The number of hydrogen-bond donors (Lipinski definition) is 1. The SMILES string of the molecule is Cc1ccc(F)c(C(=O)CNC2CC2)c1F. The van der Waals surface area contributed by atoms with E-state index in [1.165, 1.54) is 13.0 Å². The smallest absolute Gasteiger partial charge is 0.182 e. The fourth-order valence-electron chi connectivity index (χ4n) is 1.53. The van der Waals surface area contributed by atoms with Gasteiger partial charge in [0.15, 0.2) is 5.78 Å². The number of hydrogen-bond acceptors (Lipinski definition) is 2. The number of rotatable bonds is 4. The number of carbonyl (C=O) groups is 1. The van der Waals surface area contributed by atoms with Gasteiger partial charge in [0.1, 0.15) is 11.6 Å². The fraction of sp³-hybridized carbons (Fsp3) is 0.417. The maximum Gasteiger partial charge on any atom is 0.182 e. The van der Waals surface area contributed by atoms with Crippen molar-refractivity contribution < 1.29 is 13.6 Å². The lowest BCUT2D eigenvalue weighted by molar-refractivity contribution is 0.0982. The Kier molecular flexibility index (Phi) is 3.01. The Labute approximate surface area is 92.7 Å². The van der Waals surface area contributed by atoms with Gasteiger partial charge in [0.2, 0.25) is 0 Å². The topological polar surface area (TPSA) is 29.1 Å². The summed E-state index contributed by atoms with van der Waals surface area (Å²) in [5.41, 5.74) is -0.135. The van der Waals surface area contributed by atoms with Crippen LogP contribution in [0.15, 0.2) is 12.1 Å². The van der Waals surface area contributed by atoms with E-state index in [9.17, 15) is 13.6 Å². The number of nitrogens with one attached hydrogen (secondary N) is 1. The van der Waals surface area contributed by atoms with Crippen LogP contribution in [0.1, 0.15) is 28.8 Å². The van der Waals surface area contributed by atoms with Crippen LogP contribution in [0.2, 0.25) is 0 Å². The summed E-state index contributed by atoms with van der Waals surface area (Å²) in [6, 6.07) is 2.80. The van der Waals surface area contributed by atoms with Gasteiger partial charge in [-0.3, -0.25) is 4.79 Å². The van der Waals surface area contributed by atoms with E-state index < -0.39 is 23.0 Å². The zero-order valence-corrected chi connectivity index (χ0v) is 9.02. The zero-order chi connectivity index (χ0) is 11.7. The number of halogens is 2. The Balaban J connectivity index is 2.17. The first-order chi connectivity index (χ1) is 7.59. The summed E-state index contributed by atoms with van der Waals surface area (Å²) in [5.74, 6) is -2.06. The molecule has 0 unspecified atom stereocenters. The van der Waals surface area contributed by atoms with Crippen molar-refractivity contribution in [1.29, 1.82) is 0 Å². The van der Waals surface area contributed by atoms with Crippen LogP contribution in [0.3, 0.4) is 0 Å². The van der Waals surface area contributed by atoms with Crippen LogP contribution in [0.5, 0.6) is 0 Å². The molecule has 86 valence electrons. The van der Waals surface area contributed by atoms with E-state index in [-0.39, 0.29) is 12.1 Å². The van der Waals surface area contributed by atoms with Crippen LogP contribution < -0.4 is 5.32 Å². The molecule has 1 aliphatic carbocycles. The molecule has 1 aromatic rings. The summed E-state index contributed by atoms with van der Waals surface area (Å²) in [4.78, 5) is 11.6. The molecule has 2 nitrogen and oxygen atoms in total. The molecule has 0 heterocycles. The van der Waals surface area contributed by atoms with E-state index in [0.29, 0.717) is 6.04 Å². The van der Waals surface area contributed by atoms with Crippen LogP contribution in [0.4, 0.5) is 8.78 Å². The minimum absolute atomic E-state index is 0.00194. The van der Waals surface area contributed by atoms with Gasteiger partial charge in [0.05, 0.1) is 12.1 Å². The largest absolute Gasteiger partial charge is 0.307 e. The number of ketones is 1. The molecule has 0 bridgehead atoms. The Morgan fingerprint density at radius 3 is 2.75 bits per heavy atom. The molecule has 0 radical (unpaired) electrons. The van der Waals surface area contributed by atoms with Gasteiger partial charge in [-0.25, -0.2) is 8.78 Å². The van der Waals surface area contributed by atoms with Crippen molar-refractivity contribution in [1.82, 2.24) is 5.32 Å². The summed E-state index contributed by atoms with van der Waals surface area (Å²) in [6.45, 7) is 1.52. The predicted molar refractivity (Wildman–Crippen MR) is 56.5 cm³/mol. The molecule has 2 rings (SSSR count). The summed E-state index contributed by atoms with van der Waals surface area (Å²) in [7, 11) is 0. The summed E-state index contributed by atoms with van der Waals surface area (Å²) in [6.07, 6.45) is 2.07. The standard InChI is InChI=1S/C12H13F2NO/c1-7-2-5-9(13)11(12(7)14)10(16)6-15-8-3-4-8/h2,5,8,15H,3-4,6H2,1H3. The minimum atomic E-state index is -0.786. The molecule has 0 atom stereocenters. The van der Waals surface area contributed by atoms with Gasteiger partial charge >= 0.3 is 0 Å². The number of carbonyl (C=O) groups excluding carboxylic acids is 1. The second-order valence-electron chi connectivity index (χ2n) is 4.13. The molecule has 16 heavy (non-hydrogen) atoms. The highest BCUT2D eigenvalue weighted by Crippen LogP contribution is 2.20. The molecule has 1 aromatic carbocycles. The van der Waals surface area contributed by atoms with Crippen LogP contribution in [0, 0.1) is 18.6 Å².